The summed E-state index contributed by atoms with van der Waals surface area (Å²) in [6.07, 6.45) is 3.31. The van der Waals surface area contributed by atoms with Crippen LogP contribution in [0.15, 0.2) is 34.2 Å². The van der Waals surface area contributed by atoms with Crippen LogP contribution in [0.5, 0.6) is 0 Å². The molecule has 1 saturated heterocycles. The molecular weight excluding hydrogens is 334 g/mol. The summed E-state index contributed by atoms with van der Waals surface area (Å²) >= 11 is 1.37. The fraction of sp³-hybridized carbons (Fsp3) is 0.526. The average Bonchev–Trinajstić information content (AvgIpc) is 2.60. The van der Waals surface area contributed by atoms with Gasteiger partial charge in [0.25, 0.3) is 5.56 Å². The van der Waals surface area contributed by atoms with Crippen molar-refractivity contribution in [1.29, 1.82) is 0 Å². The third-order valence-electron chi connectivity index (χ3n) is 4.95. The molecule has 0 saturated carbocycles. The summed E-state index contributed by atoms with van der Waals surface area (Å²) in [5, 5.41) is 1.25. The number of amides is 1. The van der Waals surface area contributed by atoms with Crippen molar-refractivity contribution in [1.82, 2.24) is 14.5 Å². The smallest absolute Gasteiger partial charge is 0.262 e. The zero-order valence-electron chi connectivity index (χ0n) is 15.1. The van der Waals surface area contributed by atoms with Crippen LogP contribution in [0.1, 0.15) is 40.0 Å². The molecule has 25 heavy (non-hydrogen) atoms. The molecule has 134 valence electrons. The van der Waals surface area contributed by atoms with E-state index in [0.717, 1.165) is 12.8 Å². The molecule has 5 nitrogen and oxygen atoms in total. The quantitative estimate of drug-likeness (QED) is 0.621. The van der Waals surface area contributed by atoms with Crippen molar-refractivity contribution in [3.8, 4) is 0 Å². The van der Waals surface area contributed by atoms with Gasteiger partial charge in [-0.3, -0.25) is 14.2 Å². The SMILES string of the molecule is CCn1c(SCC(=O)N2[C@@H](C)CCC[C@@H]2C)nc2ccccc2c1=O. The van der Waals surface area contributed by atoms with E-state index >= 15 is 0 Å². The standard InChI is InChI=1S/C19H25N3O2S/c1-4-21-18(24)15-10-5-6-11-16(15)20-19(21)25-12-17(23)22-13(2)8-7-9-14(22)3/h5-6,10-11,13-14H,4,7-9,12H2,1-3H3/t13-,14-/m0/s1. The molecule has 0 radical (unpaired) electrons. The lowest BCUT2D eigenvalue weighted by atomic mass is 9.98. The van der Waals surface area contributed by atoms with Crippen LogP contribution >= 0.6 is 11.8 Å². The Hall–Kier alpha value is -1.82. The molecule has 0 spiro atoms. The largest absolute Gasteiger partial charge is 0.337 e. The third-order valence-corrected chi connectivity index (χ3v) is 5.91. The number of hydrogen-bond donors (Lipinski definition) is 0. The van der Waals surface area contributed by atoms with Crippen molar-refractivity contribution in [2.45, 2.75) is 63.8 Å². The molecule has 1 aliphatic rings. The Bertz CT molecular complexity index is 823. The number of benzene rings is 1. The Balaban J connectivity index is 1.83. The number of thioether (sulfide) groups is 1. The Kier molecular flexibility index (Phi) is 5.47. The van der Waals surface area contributed by atoms with Crippen LogP contribution in [-0.2, 0) is 11.3 Å². The summed E-state index contributed by atoms with van der Waals surface area (Å²) in [6.45, 7) is 6.71. The fourth-order valence-corrected chi connectivity index (χ4v) is 4.58. The van der Waals surface area contributed by atoms with E-state index in [2.05, 4.69) is 18.8 Å². The number of likely N-dealkylation sites (tertiary alicyclic amines) is 1. The minimum Gasteiger partial charge on any atom is -0.337 e. The van der Waals surface area contributed by atoms with Crippen molar-refractivity contribution in [2.24, 2.45) is 0 Å². The van der Waals surface area contributed by atoms with E-state index < -0.39 is 0 Å². The predicted octanol–water partition coefficient (Wildman–Crippen LogP) is 3.30. The van der Waals surface area contributed by atoms with E-state index in [1.54, 1.807) is 10.6 Å². The van der Waals surface area contributed by atoms with E-state index in [1.165, 1.54) is 18.2 Å². The van der Waals surface area contributed by atoms with Crippen LogP contribution in [-0.4, -0.2) is 38.2 Å². The Morgan fingerprint density at radius 1 is 1.24 bits per heavy atom. The molecule has 0 N–H and O–H groups in total. The Labute approximate surface area is 152 Å². The van der Waals surface area contributed by atoms with Crippen LogP contribution in [0.25, 0.3) is 10.9 Å². The molecule has 1 aromatic heterocycles. The van der Waals surface area contributed by atoms with Gasteiger partial charge in [0, 0.05) is 18.6 Å². The van der Waals surface area contributed by atoms with E-state index in [9.17, 15) is 9.59 Å². The lowest BCUT2D eigenvalue weighted by Gasteiger charge is -2.39. The van der Waals surface area contributed by atoms with Crippen molar-refractivity contribution < 1.29 is 4.79 Å². The van der Waals surface area contributed by atoms with Gasteiger partial charge in [0.15, 0.2) is 5.16 Å². The number of fused-ring (bicyclic) bond motifs is 1. The van der Waals surface area contributed by atoms with Gasteiger partial charge in [-0.1, -0.05) is 23.9 Å². The second-order valence-electron chi connectivity index (χ2n) is 6.68. The highest BCUT2D eigenvalue weighted by atomic mass is 32.2. The van der Waals surface area contributed by atoms with Gasteiger partial charge in [0.2, 0.25) is 5.91 Å². The zero-order valence-corrected chi connectivity index (χ0v) is 15.9. The molecule has 2 aromatic rings. The maximum Gasteiger partial charge on any atom is 0.262 e. The summed E-state index contributed by atoms with van der Waals surface area (Å²) in [6, 6.07) is 7.94. The lowest BCUT2D eigenvalue weighted by Crippen LogP contribution is -2.48. The summed E-state index contributed by atoms with van der Waals surface area (Å²) in [5.41, 5.74) is 0.648. The number of para-hydroxylation sites is 1. The Morgan fingerprint density at radius 2 is 1.92 bits per heavy atom. The second-order valence-corrected chi connectivity index (χ2v) is 7.62. The van der Waals surface area contributed by atoms with Gasteiger partial charge in [-0.25, -0.2) is 4.98 Å². The molecule has 1 fully saturated rings. The van der Waals surface area contributed by atoms with Gasteiger partial charge in [0.1, 0.15) is 0 Å². The number of hydrogen-bond acceptors (Lipinski definition) is 4. The maximum absolute atomic E-state index is 12.7. The highest BCUT2D eigenvalue weighted by molar-refractivity contribution is 7.99. The van der Waals surface area contributed by atoms with E-state index in [1.807, 2.05) is 30.0 Å². The monoisotopic (exact) mass is 359 g/mol. The van der Waals surface area contributed by atoms with Crippen LogP contribution in [0.4, 0.5) is 0 Å². The number of piperidine rings is 1. The minimum atomic E-state index is -0.0391. The summed E-state index contributed by atoms with van der Waals surface area (Å²) < 4.78 is 1.66. The fourth-order valence-electron chi connectivity index (χ4n) is 3.65. The lowest BCUT2D eigenvalue weighted by molar-refractivity contribution is -0.134. The van der Waals surface area contributed by atoms with Crippen LogP contribution in [0.2, 0.25) is 0 Å². The summed E-state index contributed by atoms with van der Waals surface area (Å²) in [4.78, 5) is 32.0. The number of carbonyl (C=O) groups is 1. The minimum absolute atomic E-state index is 0.0391. The van der Waals surface area contributed by atoms with Crippen molar-refractivity contribution >= 4 is 28.6 Å². The van der Waals surface area contributed by atoms with E-state index in [-0.39, 0.29) is 23.6 Å². The molecule has 2 atom stereocenters. The van der Waals surface area contributed by atoms with Crippen molar-refractivity contribution in [2.75, 3.05) is 5.75 Å². The molecule has 0 unspecified atom stereocenters. The van der Waals surface area contributed by atoms with Gasteiger partial charge in [-0.2, -0.15) is 0 Å². The first-order valence-corrected chi connectivity index (χ1v) is 9.95. The predicted molar refractivity (Wildman–Crippen MR) is 102 cm³/mol. The van der Waals surface area contributed by atoms with Crippen molar-refractivity contribution in [3.05, 3.63) is 34.6 Å². The number of rotatable bonds is 4. The maximum atomic E-state index is 12.7. The Morgan fingerprint density at radius 3 is 2.60 bits per heavy atom. The van der Waals surface area contributed by atoms with Gasteiger partial charge in [-0.15, -0.1) is 0 Å². The molecule has 1 aliphatic heterocycles. The third kappa shape index (κ3) is 3.59. The van der Waals surface area contributed by atoms with Crippen molar-refractivity contribution in [3.63, 3.8) is 0 Å². The molecule has 1 aromatic carbocycles. The zero-order chi connectivity index (χ0) is 18.0. The van der Waals surface area contributed by atoms with Crippen LogP contribution in [0, 0.1) is 0 Å². The van der Waals surface area contributed by atoms with Gasteiger partial charge in [0.05, 0.1) is 16.7 Å². The summed E-state index contributed by atoms with van der Waals surface area (Å²) in [5.74, 6) is 0.453. The average molecular weight is 359 g/mol. The first-order chi connectivity index (χ1) is 12.0. The molecule has 1 amide bonds. The molecular formula is C19H25N3O2S. The molecule has 0 aliphatic carbocycles. The molecule has 2 heterocycles. The number of nitrogens with zero attached hydrogens (tertiary/aromatic N) is 3. The molecule has 6 heteroatoms. The van der Waals surface area contributed by atoms with Gasteiger partial charge >= 0.3 is 0 Å². The van der Waals surface area contributed by atoms with Crippen LogP contribution < -0.4 is 5.56 Å². The van der Waals surface area contributed by atoms with Crippen LogP contribution in [0.3, 0.4) is 0 Å². The number of carbonyl (C=O) groups excluding carboxylic acids is 1. The molecule has 0 bridgehead atoms. The second kappa shape index (κ2) is 7.60. The van der Waals surface area contributed by atoms with Gasteiger partial charge in [-0.05, 0) is 52.2 Å². The van der Waals surface area contributed by atoms with E-state index in [0.29, 0.717) is 28.4 Å². The summed E-state index contributed by atoms with van der Waals surface area (Å²) in [7, 11) is 0. The first kappa shape index (κ1) is 18.0. The molecule has 3 rings (SSSR count). The highest BCUT2D eigenvalue weighted by Crippen LogP contribution is 2.25. The van der Waals surface area contributed by atoms with E-state index in [4.69, 9.17) is 0 Å². The van der Waals surface area contributed by atoms with Gasteiger partial charge < -0.3 is 4.90 Å². The topological polar surface area (TPSA) is 55.2 Å². The normalized spacial score (nSPS) is 20.8. The number of aromatic nitrogens is 2. The first-order valence-electron chi connectivity index (χ1n) is 8.96. The highest BCUT2D eigenvalue weighted by Gasteiger charge is 2.29.